The van der Waals surface area contributed by atoms with E-state index < -0.39 is 0 Å². The fraction of sp³-hybridized carbons (Fsp3) is 0.909. The highest BCUT2D eigenvalue weighted by molar-refractivity contribution is 5.76. The van der Waals surface area contributed by atoms with E-state index >= 15 is 0 Å². The van der Waals surface area contributed by atoms with Gasteiger partial charge in [0, 0.05) is 31.6 Å². The predicted molar refractivity (Wildman–Crippen MR) is 61.8 cm³/mol. The molecule has 1 aliphatic heterocycles. The molecule has 1 atom stereocenters. The molecule has 3 N–H and O–H groups in total. The molecule has 1 rings (SSSR count). The number of amides is 1. The minimum absolute atomic E-state index is 0.140. The Labute approximate surface area is 92.2 Å². The van der Waals surface area contributed by atoms with E-state index in [4.69, 9.17) is 0 Å². The van der Waals surface area contributed by atoms with E-state index in [-0.39, 0.29) is 11.9 Å². The fourth-order valence-electron chi connectivity index (χ4n) is 1.81. The molecule has 1 aliphatic rings. The van der Waals surface area contributed by atoms with Crippen molar-refractivity contribution in [2.75, 3.05) is 19.6 Å². The Hall–Kier alpha value is -0.610. The van der Waals surface area contributed by atoms with E-state index in [2.05, 4.69) is 16.0 Å². The summed E-state index contributed by atoms with van der Waals surface area (Å²) >= 11 is 0. The number of nitrogens with one attached hydrogen (secondary N) is 3. The van der Waals surface area contributed by atoms with E-state index in [1.165, 1.54) is 12.8 Å². The Bertz CT molecular complexity index is 188. The summed E-state index contributed by atoms with van der Waals surface area (Å²) in [6.45, 7) is 6.91. The van der Waals surface area contributed by atoms with E-state index in [1.807, 2.05) is 13.8 Å². The number of piperidine rings is 1. The van der Waals surface area contributed by atoms with Crippen LogP contribution in [0.25, 0.3) is 0 Å². The van der Waals surface area contributed by atoms with Gasteiger partial charge in [-0.1, -0.05) is 0 Å². The first-order valence-corrected chi connectivity index (χ1v) is 5.92. The zero-order chi connectivity index (χ0) is 11.1. The van der Waals surface area contributed by atoms with Crippen LogP contribution >= 0.6 is 0 Å². The highest BCUT2D eigenvalue weighted by Gasteiger charge is 2.12. The lowest BCUT2D eigenvalue weighted by Crippen LogP contribution is -2.44. The van der Waals surface area contributed by atoms with Crippen molar-refractivity contribution in [1.29, 1.82) is 0 Å². The van der Waals surface area contributed by atoms with Gasteiger partial charge in [-0.2, -0.15) is 0 Å². The molecule has 0 aliphatic carbocycles. The van der Waals surface area contributed by atoms with Crippen LogP contribution < -0.4 is 16.0 Å². The lowest BCUT2D eigenvalue weighted by atomic mass is 10.1. The summed E-state index contributed by atoms with van der Waals surface area (Å²) < 4.78 is 0. The third-order valence-electron chi connectivity index (χ3n) is 2.53. The maximum absolute atomic E-state index is 11.3. The summed E-state index contributed by atoms with van der Waals surface area (Å²) in [5.74, 6) is 0.140. The van der Waals surface area contributed by atoms with E-state index in [9.17, 15) is 4.79 Å². The third kappa shape index (κ3) is 5.74. The monoisotopic (exact) mass is 213 g/mol. The SMILES string of the molecule is CC(C)NC(=O)CCNC1CCCNC1. The average Bonchev–Trinajstić information content (AvgIpc) is 2.18. The van der Waals surface area contributed by atoms with Gasteiger partial charge in [-0.15, -0.1) is 0 Å². The molecule has 0 spiro atoms. The number of carbonyl (C=O) groups is 1. The van der Waals surface area contributed by atoms with Crippen molar-refractivity contribution in [1.82, 2.24) is 16.0 Å². The normalized spacial score (nSPS) is 21.7. The van der Waals surface area contributed by atoms with Crippen molar-refractivity contribution >= 4 is 5.91 Å². The van der Waals surface area contributed by atoms with Gasteiger partial charge in [0.2, 0.25) is 5.91 Å². The van der Waals surface area contributed by atoms with Crippen molar-refractivity contribution in [2.45, 2.75) is 45.2 Å². The lowest BCUT2D eigenvalue weighted by Gasteiger charge is -2.23. The van der Waals surface area contributed by atoms with Crippen LogP contribution in [0.4, 0.5) is 0 Å². The molecular weight excluding hydrogens is 190 g/mol. The van der Waals surface area contributed by atoms with Gasteiger partial charge in [-0.05, 0) is 33.2 Å². The van der Waals surface area contributed by atoms with E-state index in [1.54, 1.807) is 0 Å². The summed E-state index contributed by atoms with van der Waals surface area (Å²) in [4.78, 5) is 11.3. The average molecular weight is 213 g/mol. The minimum Gasteiger partial charge on any atom is -0.354 e. The predicted octanol–water partition coefficient (Wildman–Crippen LogP) is 0.243. The zero-order valence-electron chi connectivity index (χ0n) is 9.81. The minimum atomic E-state index is 0.140. The molecule has 1 amide bonds. The Kier molecular flexibility index (Phi) is 5.65. The highest BCUT2D eigenvalue weighted by Crippen LogP contribution is 2.00. The summed E-state index contributed by atoms with van der Waals surface area (Å²) in [5.41, 5.74) is 0. The van der Waals surface area contributed by atoms with Crippen molar-refractivity contribution < 1.29 is 4.79 Å². The van der Waals surface area contributed by atoms with Crippen molar-refractivity contribution in [3.63, 3.8) is 0 Å². The molecule has 0 bridgehead atoms. The Morgan fingerprint density at radius 1 is 1.53 bits per heavy atom. The van der Waals surface area contributed by atoms with E-state index in [0.29, 0.717) is 12.5 Å². The van der Waals surface area contributed by atoms with E-state index in [0.717, 1.165) is 19.6 Å². The number of hydrogen-bond donors (Lipinski definition) is 3. The molecule has 1 fully saturated rings. The Morgan fingerprint density at radius 2 is 2.33 bits per heavy atom. The Balaban J connectivity index is 2.02. The molecule has 1 unspecified atom stereocenters. The van der Waals surface area contributed by atoms with Crippen LogP contribution in [0.15, 0.2) is 0 Å². The number of hydrogen-bond acceptors (Lipinski definition) is 3. The molecule has 0 saturated carbocycles. The maximum atomic E-state index is 11.3. The molecule has 1 heterocycles. The molecule has 88 valence electrons. The summed E-state index contributed by atoms with van der Waals surface area (Å²) in [7, 11) is 0. The molecule has 4 heteroatoms. The first kappa shape index (κ1) is 12.5. The van der Waals surface area contributed by atoms with Gasteiger partial charge < -0.3 is 16.0 Å². The van der Waals surface area contributed by atoms with Gasteiger partial charge in [-0.3, -0.25) is 4.79 Å². The third-order valence-corrected chi connectivity index (χ3v) is 2.53. The first-order valence-electron chi connectivity index (χ1n) is 5.92. The van der Waals surface area contributed by atoms with Gasteiger partial charge in [0.05, 0.1) is 0 Å². The highest BCUT2D eigenvalue weighted by atomic mass is 16.1. The van der Waals surface area contributed by atoms with Crippen LogP contribution in [0.3, 0.4) is 0 Å². The number of rotatable bonds is 5. The molecule has 0 aromatic carbocycles. The summed E-state index contributed by atoms with van der Waals surface area (Å²) in [6.07, 6.45) is 3.03. The maximum Gasteiger partial charge on any atom is 0.221 e. The second-order valence-electron chi connectivity index (χ2n) is 4.47. The molecule has 1 saturated heterocycles. The lowest BCUT2D eigenvalue weighted by molar-refractivity contribution is -0.121. The number of carbonyl (C=O) groups excluding carboxylic acids is 1. The standard InChI is InChI=1S/C11H23N3O/c1-9(2)14-11(15)5-7-13-10-4-3-6-12-8-10/h9-10,12-13H,3-8H2,1-2H3,(H,14,15). The van der Waals surface area contributed by atoms with Crippen LogP contribution in [0.2, 0.25) is 0 Å². The zero-order valence-corrected chi connectivity index (χ0v) is 9.81. The van der Waals surface area contributed by atoms with Crippen LogP contribution in [0, 0.1) is 0 Å². The van der Waals surface area contributed by atoms with Crippen LogP contribution in [0.1, 0.15) is 33.1 Å². The second-order valence-corrected chi connectivity index (χ2v) is 4.47. The van der Waals surface area contributed by atoms with Gasteiger partial charge in [0.25, 0.3) is 0 Å². The molecular formula is C11H23N3O. The largest absolute Gasteiger partial charge is 0.354 e. The molecule has 0 aromatic rings. The molecule has 0 aromatic heterocycles. The van der Waals surface area contributed by atoms with Crippen molar-refractivity contribution in [3.8, 4) is 0 Å². The smallest absolute Gasteiger partial charge is 0.221 e. The van der Waals surface area contributed by atoms with Crippen LogP contribution in [-0.4, -0.2) is 37.6 Å². The molecule has 15 heavy (non-hydrogen) atoms. The van der Waals surface area contributed by atoms with Crippen LogP contribution in [-0.2, 0) is 4.79 Å². The van der Waals surface area contributed by atoms with Crippen LogP contribution in [0.5, 0.6) is 0 Å². The van der Waals surface area contributed by atoms with Gasteiger partial charge in [-0.25, -0.2) is 0 Å². The second kappa shape index (κ2) is 6.80. The van der Waals surface area contributed by atoms with Crippen molar-refractivity contribution in [2.24, 2.45) is 0 Å². The quantitative estimate of drug-likeness (QED) is 0.613. The van der Waals surface area contributed by atoms with Gasteiger partial charge in [0.1, 0.15) is 0 Å². The van der Waals surface area contributed by atoms with Gasteiger partial charge >= 0.3 is 0 Å². The van der Waals surface area contributed by atoms with Crippen molar-refractivity contribution in [3.05, 3.63) is 0 Å². The molecule has 4 nitrogen and oxygen atoms in total. The summed E-state index contributed by atoms with van der Waals surface area (Å²) in [6, 6.07) is 0.791. The fourth-order valence-corrected chi connectivity index (χ4v) is 1.81. The summed E-state index contributed by atoms with van der Waals surface area (Å²) in [5, 5.41) is 9.63. The Morgan fingerprint density at radius 3 is 2.93 bits per heavy atom. The topological polar surface area (TPSA) is 53.2 Å². The molecule has 0 radical (unpaired) electrons. The first-order chi connectivity index (χ1) is 7.18. The van der Waals surface area contributed by atoms with Gasteiger partial charge in [0.15, 0.2) is 0 Å².